The van der Waals surface area contributed by atoms with Crippen LogP contribution < -0.4 is 5.32 Å². The van der Waals surface area contributed by atoms with Gasteiger partial charge >= 0.3 is 0 Å². The van der Waals surface area contributed by atoms with Crippen molar-refractivity contribution in [3.05, 3.63) is 43.2 Å². The molecule has 0 aliphatic heterocycles. The lowest BCUT2D eigenvalue weighted by molar-refractivity contribution is -0.116. The summed E-state index contributed by atoms with van der Waals surface area (Å²) in [7, 11) is 0. The van der Waals surface area contributed by atoms with Crippen molar-refractivity contribution in [3.8, 4) is 0 Å². The molecule has 1 N–H and O–H groups in total. The Morgan fingerprint density at radius 2 is 2.10 bits per heavy atom. The van der Waals surface area contributed by atoms with Crippen molar-refractivity contribution < 1.29 is 4.79 Å². The van der Waals surface area contributed by atoms with Gasteiger partial charge in [-0.05, 0) is 48.6 Å². The van der Waals surface area contributed by atoms with Gasteiger partial charge in [-0.2, -0.15) is 5.10 Å². The summed E-state index contributed by atoms with van der Waals surface area (Å²) in [6.45, 7) is 3.98. The summed E-state index contributed by atoms with van der Waals surface area (Å²) >= 11 is 14.2. The molecule has 0 aliphatic carbocycles. The highest BCUT2D eigenvalue weighted by Gasteiger charge is 2.13. The normalized spacial score (nSPS) is 10.7. The summed E-state index contributed by atoms with van der Waals surface area (Å²) < 4.78 is 2.74. The van der Waals surface area contributed by atoms with Gasteiger partial charge in [0.2, 0.25) is 5.91 Å². The first-order valence-corrected chi connectivity index (χ1v) is 7.67. The Morgan fingerprint density at radius 3 is 2.70 bits per heavy atom. The summed E-state index contributed by atoms with van der Waals surface area (Å²) in [5.41, 5.74) is 2.38. The monoisotopic (exact) mass is 423 g/mol. The van der Waals surface area contributed by atoms with Crippen LogP contribution in [0.25, 0.3) is 0 Å². The fraction of sp³-hybridized carbons (Fsp3) is 0.231. The Bertz CT molecular complexity index is 670. The number of aryl methyl sites for hydroxylation is 1. The fourth-order valence-electron chi connectivity index (χ4n) is 1.76. The highest BCUT2D eigenvalue weighted by molar-refractivity contribution is 14.1. The molecule has 0 fully saturated rings. The molecular formula is C13H12Cl2IN3O. The molecule has 0 atom stereocenters. The summed E-state index contributed by atoms with van der Waals surface area (Å²) in [6, 6.07) is 5.11. The predicted octanol–water partition coefficient (Wildman–Crippen LogP) is 4.05. The average molecular weight is 424 g/mol. The van der Waals surface area contributed by atoms with E-state index in [4.69, 9.17) is 23.2 Å². The van der Waals surface area contributed by atoms with Crippen molar-refractivity contribution in [2.75, 3.05) is 5.32 Å². The molecule has 0 unspecified atom stereocenters. The standard InChI is InChI=1S/C13H12Cl2IN3O/c1-7-13(16)8(2)19(18-7)6-11(20)17-10-5-3-4-9(14)12(10)15/h3-5H,6H2,1-2H3,(H,17,20). The van der Waals surface area contributed by atoms with Crippen LogP contribution in [0, 0.1) is 17.4 Å². The fourth-order valence-corrected chi connectivity index (χ4v) is 2.49. The van der Waals surface area contributed by atoms with Gasteiger partial charge in [-0.15, -0.1) is 0 Å². The number of hydrogen-bond donors (Lipinski definition) is 1. The summed E-state index contributed by atoms with van der Waals surface area (Å²) in [4.78, 5) is 12.0. The Kier molecular flexibility index (Phi) is 4.93. The molecule has 0 aliphatic rings. The van der Waals surface area contributed by atoms with E-state index < -0.39 is 0 Å². The molecule has 0 bridgehead atoms. The van der Waals surface area contributed by atoms with Gasteiger partial charge < -0.3 is 5.32 Å². The minimum Gasteiger partial charge on any atom is -0.323 e. The third kappa shape index (κ3) is 3.27. The molecule has 4 nitrogen and oxygen atoms in total. The van der Waals surface area contributed by atoms with E-state index in [1.54, 1.807) is 22.9 Å². The van der Waals surface area contributed by atoms with Crippen molar-refractivity contribution in [3.63, 3.8) is 0 Å². The van der Waals surface area contributed by atoms with E-state index in [0.29, 0.717) is 15.7 Å². The second-order valence-corrected chi connectivity index (χ2v) is 6.16. The predicted molar refractivity (Wildman–Crippen MR) is 89.5 cm³/mol. The number of hydrogen-bond acceptors (Lipinski definition) is 2. The zero-order chi connectivity index (χ0) is 14.9. The smallest absolute Gasteiger partial charge is 0.246 e. The van der Waals surface area contributed by atoms with E-state index in [1.165, 1.54) is 0 Å². The van der Waals surface area contributed by atoms with Gasteiger partial charge in [0.15, 0.2) is 0 Å². The minimum atomic E-state index is -0.198. The number of aromatic nitrogens is 2. The van der Waals surface area contributed by atoms with E-state index in [1.807, 2.05) is 13.8 Å². The van der Waals surface area contributed by atoms with E-state index >= 15 is 0 Å². The lowest BCUT2D eigenvalue weighted by atomic mass is 10.3. The van der Waals surface area contributed by atoms with Crippen LogP contribution in [0.3, 0.4) is 0 Å². The summed E-state index contributed by atoms with van der Waals surface area (Å²) in [5.74, 6) is -0.198. The lowest BCUT2D eigenvalue weighted by Crippen LogP contribution is -2.20. The van der Waals surface area contributed by atoms with Crippen LogP contribution >= 0.6 is 45.8 Å². The van der Waals surface area contributed by atoms with Gasteiger partial charge in [0, 0.05) is 5.69 Å². The van der Waals surface area contributed by atoms with Crippen molar-refractivity contribution in [1.29, 1.82) is 0 Å². The first-order chi connectivity index (χ1) is 9.40. The molecule has 0 saturated carbocycles. The Labute approximate surface area is 140 Å². The first kappa shape index (κ1) is 15.6. The zero-order valence-electron chi connectivity index (χ0n) is 10.9. The van der Waals surface area contributed by atoms with Crippen molar-refractivity contribution in [2.24, 2.45) is 0 Å². The number of halogens is 3. The van der Waals surface area contributed by atoms with Crippen molar-refractivity contribution in [2.45, 2.75) is 20.4 Å². The number of carbonyl (C=O) groups excluding carboxylic acids is 1. The van der Waals surface area contributed by atoms with Gasteiger partial charge in [-0.25, -0.2) is 0 Å². The van der Waals surface area contributed by atoms with Crippen molar-refractivity contribution >= 4 is 57.4 Å². The van der Waals surface area contributed by atoms with Crippen LogP contribution in [0.4, 0.5) is 5.69 Å². The summed E-state index contributed by atoms with van der Waals surface area (Å²) in [5, 5.41) is 7.80. The van der Waals surface area contributed by atoms with Gasteiger partial charge in [0.25, 0.3) is 0 Å². The summed E-state index contributed by atoms with van der Waals surface area (Å²) in [6.07, 6.45) is 0. The molecule has 7 heteroatoms. The Balaban J connectivity index is 2.13. The SMILES string of the molecule is Cc1nn(CC(=O)Nc2cccc(Cl)c2Cl)c(C)c1I. The number of nitrogens with zero attached hydrogens (tertiary/aromatic N) is 2. The lowest BCUT2D eigenvalue weighted by Gasteiger charge is -2.09. The molecule has 1 amide bonds. The second kappa shape index (κ2) is 6.32. The molecule has 106 valence electrons. The van der Waals surface area contributed by atoms with Crippen molar-refractivity contribution in [1.82, 2.24) is 9.78 Å². The third-order valence-corrected chi connectivity index (χ3v) is 5.19. The molecule has 1 aromatic carbocycles. The van der Waals surface area contributed by atoms with E-state index in [0.717, 1.165) is 15.0 Å². The van der Waals surface area contributed by atoms with Crippen LogP contribution in [0.1, 0.15) is 11.4 Å². The Hall–Kier alpha value is -0.790. The second-order valence-electron chi connectivity index (χ2n) is 4.29. The molecule has 20 heavy (non-hydrogen) atoms. The number of benzene rings is 1. The number of nitrogens with one attached hydrogen (secondary N) is 1. The average Bonchev–Trinajstić information content (AvgIpc) is 2.63. The van der Waals surface area contributed by atoms with Crippen LogP contribution in [0.5, 0.6) is 0 Å². The van der Waals surface area contributed by atoms with Gasteiger partial charge in [-0.1, -0.05) is 29.3 Å². The van der Waals surface area contributed by atoms with E-state index in [2.05, 4.69) is 33.0 Å². The minimum absolute atomic E-state index is 0.137. The maximum absolute atomic E-state index is 12.0. The molecular weight excluding hydrogens is 412 g/mol. The maximum atomic E-state index is 12.0. The van der Waals surface area contributed by atoms with Crippen LogP contribution in [-0.4, -0.2) is 15.7 Å². The van der Waals surface area contributed by atoms with E-state index in [-0.39, 0.29) is 12.5 Å². The highest BCUT2D eigenvalue weighted by Crippen LogP contribution is 2.29. The molecule has 2 aromatic rings. The van der Waals surface area contributed by atoms with Crippen LogP contribution in [0.15, 0.2) is 18.2 Å². The number of rotatable bonds is 3. The van der Waals surface area contributed by atoms with Gasteiger partial charge in [0.05, 0.1) is 25.0 Å². The maximum Gasteiger partial charge on any atom is 0.246 e. The molecule has 0 radical (unpaired) electrons. The van der Waals surface area contributed by atoms with Gasteiger partial charge in [-0.3, -0.25) is 9.48 Å². The zero-order valence-corrected chi connectivity index (χ0v) is 14.5. The highest BCUT2D eigenvalue weighted by atomic mass is 127. The largest absolute Gasteiger partial charge is 0.323 e. The molecule has 0 spiro atoms. The molecule has 1 aromatic heterocycles. The quantitative estimate of drug-likeness (QED) is 0.757. The molecule has 0 saturated heterocycles. The van der Waals surface area contributed by atoms with Crippen LogP contribution in [-0.2, 0) is 11.3 Å². The first-order valence-electron chi connectivity index (χ1n) is 5.83. The number of carbonyl (C=O) groups is 1. The van der Waals surface area contributed by atoms with Gasteiger partial charge in [0.1, 0.15) is 6.54 Å². The topological polar surface area (TPSA) is 46.9 Å². The van der Waals surface area contributed by atoms with E-state index in [9.17, 15) is 4.79 Å². The number of anilines is 1. The Morgan fingerprint density at radius 1 is 1.40 bits per heavy atom. The third-order valence-electron chi connectivity index (χ3n) is 2.81. The van der Waals surface area contributed by atoms with Crippen LogP contribution in [0.2, 0.25) is 10.0 Å². The number of amides is 1. The molecule has 1 heterocycles. The molecule has 2 rings (SSSR count).